The molecule has 0 radical (unpaired) electrons. The summed E-state index contributed by atoms with van der Waals surface area (Å²) in [6.45, 7) is 0. The molecule has 0 unspecified atom stereocenters. The first-order valence-corrected chi connectivity index (χ1v) is 8.94. The lowest BCUT2D eigenvalue weighted by molar-refractivity contribution is 0.275. The molecule has 6 nitrogen and oxygen atoms in total. The Balaban J connectivity index is 0.000000347. The fraction of sp³-hybridized carbons (Fsp3) is 0.923. The molecular weight excluding hydrogens is 279 g/mol. The Hall–Kier alpha value is -0.510. The standard InChI is InChI=1S/C13H22N2.H3O4P/c1-3-7-12(8-4-1)14-11-15-13-9-5-2-6-10-13;1-5(2,3)4/h12-13H,1-10H2;(H3,1,2,3,4). The molecule has 0 aromatic heterocycles. The van der Waals surface area contributed by atoms with Gasteiger partial charge >= 0.3 is 7.82 Å². The third-order valence-corrected chi connectivity index (χ3v) is 3.63. The molecule has 7 heteroatoms. The van der Waals surface area contributed by atoms with Gasteiger partial charge in [0.15, 0.2) is 0 Å². The van der Waals surface area contributed by atoms with Crippen LogP contribution >= 0.6 is 7.82 Å². The number of hydrogen-bond acceptors (Lipinski definition) is 3. The van der Waals surface area contributed by atoms with E-state index >= 15 is 0 Å². The minimum atomic E-state index is -4.64. The number of rotatable bonds is 2. The largest absolute Gasteiger partial charge is 0.466 e. The summed E-state index contributed by atoms with van der Waals surface area (Å²) in [6.07, 6.45) is 13.2. The minimum Gasteiger partial charge on any atom is -0.303 e. The Morgan fingerprint density at radius 3 is 1.35 bits per heavy atom. The van der Waals surface area contributed by atoms with Crippen molar-refractivity contribution in [3.8, 4) is 0 Å². The van der Waals surface area contributed by atoms with Crippen molar-refractivity contribution in [2.45, 2.75) is 76.3 Å². The van der Waals surface area contributed by atoms with Crippen molar-refractivity contribution in [2.75, 3.05) is 0 Å². The van der Waals surface area contributed by atoms with E-state index in [1.807, 2.05) is 0 Å². The van der Waals surface area contributed by atoms with Crippen LogP contribution in [0, 0.1) is 0 Å². The average Bonchev–Trinajstić information content (AvgIpc) is 2.39. The van der Waals surface area contributed by atoms with Gasteiger partial charge in [-0.3, -0.25) is 0 Å². The maximum Gasteiger partial charge on any atom is 0.466 e. The van der Waals surface area contributed by atoms with Crippen LogP contribution in [0.25, 0.3) is 0 Å². The molecule has 3 N–H and O–H groups in total. The number of aliphatic imine (C=N–C) groups is 2. The summed E-state index contributed by atoms with van der Waals surface area (Å²) >= 11 is 0. The van der Waals surface area contributed by atoms with E-state index < -0.39 is 7.82 Å². The van der Waals surface area contributed by atoms with E-state index in [2.05, 4.69) is 16.0 Å². The lowest BCUT2D eigenvalue weighted by Gasteiger charge is -2.17. The van der Waals surface area contributed by atoms with E-state index in [0.717, 1.165) is 0 Å². The Bertz CT molecular complexity index is 334. The first kappa shape index (κ1) is 17.5. The third-order valence-electron chi connectivity index (χ3n) is 3.63. The lowest BCUT2D eigenvalue weighted by Crippen LogP contribution is -2.10. The van der Waals surface area contributed by atoms with Crippen LogP contribution in [0.1, 0.15) is 64.2 Å². The van der Waals surface area contributed by atoms with Crippen LogP contribution in [0.2, 0.25) is 0 Å². The predicted octanol–water partition coefficient (Wildman–Crippen LogP) is 2.90. The quantitative estimate of drug-likeness (QED) is 0.539. The molecule has 2 saturated carbocycles. The summed E-state index contributed by atoms with van der Waals surface area (Å²) in [7, 11) is -4.64. The maximum absolute atomic E-state index is 8.88. The molecule has 0 heterocycles. The molecule has 0 spiro atoms. The van der Waals surface area contributed by atoms with E-state index in [0.29, 0.717) is 12.1 Å². The van der Waals surface area contributed by atoms with Crippen LogP contribution in [-0.4, -0.2) is 32.8 Å². The van der Waals surface area contributed by atoms with Crippen LogP contribution < -0.4 is 0 Å². The van der Waals surface area contributed by atoms with Crippen LogP contribution in [0.4, 0.5) is 0 Å². The molecule has 2 aliphatic carbocycles. The Morgan fingerprint density at radius 2 is 1.05 bits per heavy atom. The van der Waals surface area contributed by atoms with Gasteiger partial charge in [-0.25, -0.2) is 14.5 Å². The van der Waals surface area contributed by atoms with Crippen molar-refractivity contribution in [3.05, 3.63) is 0 Å². The molecule has 0 saturated heterocycles. The molecule has 0 atom stereocenters. The monoisotopic (exact) mass is 304 g/mol. The highest BCUT2D eigenvalue weighted by molar-refractivity contribution is 7.45. The summed E-state index contributed by atoms with van der Waals surface area (Å²) < 4.78 is 8.88. The number of phosphoric acid groups is 1. The summed E-state index contributed by atoms with van der Waals surface area (Å²) in [5, 5.41) is 0. The second kappa shape index (κ2) is 9.43. The predicted molar refractivity (Wildman–Crippen MR) is 77.9 cm³/mol. The van der Waals surface area contributed by atoms with E-state index in [-0.39, 0.29) is 0 Å². The van der Waals surface area contributed by atoms with Gasteiger partial charge in [0.05, 0.1) is 18.1 Å². The molecule has 0 aromatic rings. The van der Waals surface area contributed by atoms with Gasteiger partial charge in [-0.15, -0.1) is 0 Å². The molecule has 0 amide bonds. The molecule has 2 aliphatic rings. The van der Waals surface area contributed by atoms with Crippen molar-refractivity contribution in [2.24, 2.45) is 9.98 Å². The first-order chi connectivity index (χ1) is 9.45. The van der Waals surface area contributed by atoms with Crippen LogP contribution in [0.15, 0.2) is 9.98 Å². The normalized spacial score (nSPS) is 21.4. The van der Waals surface area contributed by atoms with Crippen molar-refractivity contribution < 1.29 is 19.2 Å². The molecular formula is C13H25N2O4P. The van der Waals surface area contributed by atoms with Gasteiger partial charge in [-0.05, 0) is 25.7 Å². The Morgan fingerprint density at radius 1 is 0.750 bits per heavy atom. The molecule has 2 fully saturated rings. The zero-order valence-corrected chi connectivity index (χ0v) is 12.7. The van der Waals surface area contributed by atoms with Crippen LogP contribution in [0.3, 0.4) is 0 Å². The lowest BCUT2D eigenvalue weighted by atomic mass is 9.96. The topological polar surface area (TPSA) is 102 Å². The van der Waals surface area contributed by atoms with Crippen molar-refractivity contribution >= 4 is 13.8 Å². The van der Waals surface area contributed by atoms with Crippen LogP contribution in [0.5, 0.6) is 0 Å². The highest BCUT2D eigenvalue weighted by Crippen LogP contribution is 2.25. The first-order valence-electron chi connectivity index (χ1n) is 7.38. The SMILES string of the molecule is C(=NC1CCCCC1)=NC1CCCCC1.O=P(O)(O)O. The molecule has 0 aliphatic heterocycles. The van der Waals surface area contributed by atoms with Gasteiger partial charge in [0, 0.05) is 0 Å². The number of hydrogen-bond donors (Lipinski definition) is 3. The molecule has 116 valence electrons. The fourth-order valence-corrected chi connectivity index (χ4v) is 2.62. The van der Waals surface area contributed by atoms with Gasteiger partial charge in [0.2, 0.25) is 0 Å². The molecule has 0 bridgehead atoms. The maximum atomic E-state index is 8.88. The zero-order chi connectivity index (χ0) is 14.8. The molecule has 20 heavy (non-hydrogen) atoms. The summed E-state index contributed by atoms with van der Waals surface area (Å²) in [6, 6.07) is 4.04. The van der Waals surface area contributed by atoms with Gasteiger partial charge < -0.3 is 14.7 Å². The van der Waals surface area contributed by atoms with E-state index in [1.54, 1.807) is 0 Å². The van der Waals surface area contributed by atoms with E-state index in [1.165, 1.54) is 64.2 Å². The third kappa shape index (κ3) is 10.3. The fourth-order valence-electron chi connectivity index (χ4n) is 2.62. The second-order valence-electron chi connectivity index (χ2n) is 5.46. The zero-order valence-electron chi connectivity index (χ0n) is 11.8. The van der Waals surface area contributed by atoms with E-state index in [4.69, 9.17) is 19.2 Å². The van der Waals surface area contributed by atoms with Crippen molar-refractivity contribution in [1.82, 2.24) is 0 Å². The average molecular weight is 304 g/mol. The molecule has 0 aromatic carbocycles. The summed E-state index contributed by atoms with van der Waals surface area (Å²) in [5.41, 5.74) is 0. The van der Waals surface area contributed by atoms with Gasteiger partial charge in [0.25, 0.3) is 0 Å². The Kier molecular flexibility index (Phi) is 8.27. The molecule has 2 rings (SSSR count). The Labute approximate surface area is 120 Å². The van der Waals surface area contributed by atoms with Crippen molar-refractivity contribution in [3.63, 3.8) is 0 Å². The van der Waals surface area contributed by atoms with Gasteiger partial charge in [0.1, 0.15) is 0 Å². The van der Waals surface area contributed by atoms with Crippen LogP contribution in [-0.2, 0) is 4.57 Å². The second-order valence-corrected chi connectivity index (χ2v) is 6.48. The number of nitrogens with zero attached hydrogens (tertiary/aromatic N) is 2. The van der Waals surface area contributed by atoms with Gasteiger partial charge in [-0.1, -0.05) is 38.5 Å². The van der Waals surface area contributed by atoms with E-state index in [9.17, 15) is 0 Å². The summed E-state index contributed by atoms with van der Waals surface area (Å²) in [4.78, 5) is 30.5. The highest BCUT2D eigenvalue weighted by atomic mass is 31.2. The minimum absolute atomic E-state index is 0.533. The van der Waals surface area contributed by atoms with Crippen molar-refractivity contribution in [1.29, 1.82) is 0 Å². The smallest absolute Gasteiger partial charge is 0.303 e. The summed E-state index contributed by atoms with van der Waals surface area (Å²) in [5.74, 6) is 0. The highest BCUT2D eigenvalue weighted by Gasteiger charge is 2.12. The van der Waals surface area contributed by atoms with Gasteiger partial charge in [-0.2, -0.15) is 0 Å².